The molecule has 2 aromatic carbocycles. The van der Waals surface area contributed by atoms with Gasteiger partial charge in [-0.2, -0.15) is 5.26 Å². The van der Waals surface area contributed by atoms with Gasteiger partial charge in [0.15, 0.2) is 0 Å². The number of aromatic nitrogens is 1. The van der Waals surface area contributed by atoms with Gasteiger partial charge in [-0.3, -0.25) is 0 Å². The van der Waals surface area contributed by atoms with Crippen molar-refractivity contribution in [1.82, 2.24) is 4.98 Å². The van der Waals surface area contributed by atoms with Crippen LogP contribution in [0.2, 0.25) is 5.02 Å². The average Bonchev–Trinajstić information content (AvgIpc) is 2.81. The molecule has 2 nitrogen and oxygen atoms in total. The minimum absolute atomic E-state index is 0.625. The first-order valence-electron chi connectivity index (χ1n) is 6.64. The SMILES string of the molecule is Cc1[nH]c2ccccc2c1/C=C(\C#N)c1ccc(Cl)cc1. The van der Waals surface area contributed by atoms with Crippen LogP contribution in [0.5, 0.6) is 0 Å². The van der Waals surface area contributed by atoms with Crippen molar-refractivity contribution < 1.29 is 0 Å². The molecule has 0 radical (unpaired) electrons. The number of fused-ring (bicyclic) bond motifs is 1. The van der Waals surface area contributed by atoms with Gasteiger partial charge in [0.2, 0.25) is 0 Å². The molecule has 0 bridgehead atoms. The van der Waals surface area contributed by atoms with Crippen molar-refractivity contribution in [3.8, 4) is 6.07 Å². The number of nitrogens with one attached hydrogen (secondary N) is 1. The third-order valence-electron chi connectivity index (χ3n) is 3.51. The lowest BCUT2D eigenvalue weighted by atomic mass is 10.0. The largest absolute Gasteiger partial charge is 0.358 e. The second-order valence-corrected chi connectivity index (χ2v) is 5.32. The number of hydrogen-bond acceptors (Lipinski definition) is 1. The van der Waals surface area contributed by atoms with Gasteiger partial charge in [0.05, 0.1) is 11.6 Å². The van der Waals surface area contributed by atoms with Gasteiger partial charge in [0, 0.05) is 27.2 Å². The van der Waals surface area contributed by atoms with Crippen molar-refractivity contribution in [3.05, 3.63) is 70.4 Å². The lowest BCUT2D eigenvalue weighted by Crippen LogP contribution is -1.83. The summed E-state index contributed by atoms with van der Waals surface area (Å²) in [5, 5.41) is 11.2. The molecule has 0 saturated carbocycles. The zero-order valence-corrected chi connectivity index (χ0v) is 12.3. The summed E-state index contributed by atoms with van der Waals surface area (Å²) in [6.45, 7) is 2.02. The summed E-state index contributed by atoms with van der Waals surface area (Å²) in [5.41, 5.74) is 4.68. The van der Waals surface area contributed by atoms with Crippen molar-refractivity contribution in [2.75, 3.05) is 0 Å². The van der Waals surface area contributed by atoms with E-state index < -0.39 is 0 Å². The van der Waals surface area contributed by atoms with E-state index in [-0.39, 0.29) is 0 Å². The molecule has 0 amide bonds. The van der Waals surface area contributed by atoms with Crippen molar-refractivity contribution >= 4 is 34.2 Å². The van der Waals surface area contributed by atoms with Crippen LogP contribution >= 0.6 is 11.6 Å². The van der Waals surface area contributed by atoms with Crippen LogP contribution < -0.4 is 0 Å². The molecule has 0 fully saturated rings. The quantitative estimate of drug-likeness (QED) is 0.648. The maximum Gasteiger partial charge on any atom is 0.0998 e. The molecule has 3 rings (SSSR count). The molecule has 0 aliphatic rings. The molecule has 0 aliphatic carbocycles. The van der Waals surface area contributed by atoms with Gasteiger partial charge in [-0.15, -0.1) is 0 Å². The molecule has 1 N–H and O–H groups in total. The van der Waals surface area contributed by atoms with Gasteiger partial charge in [0.25, 0.3) is 0 Å². The average molecular weight is 293 g/mol. The summed E-state index contributed by atoms with van der Waals surface area (Å²) < 4.78 is 0. The number of aryl methyl sites for hydroxylation is 1. The summed E-state index contributed by atoms with van der Waals surface area (Å²) >= 11 is 5.90. The monoisotopic (exact) mass is 292 g/mol. The van der Waals surface area contributed by atoms with E-state index in [1.165, 1.54) is 0 Å². The molecular formula is C18H13ClN2. The highest BCUT2D eigenvalue weighted by molar-refractivity contribution is 6.30. The third kappa shape index (κ3) is 2.56. The van der Waals surface area contributed by atoms with Gasteiger partial charge in [0.1, 0.15) is 0 Å². The maximum atomic E-state index is 9.45. The number of benzene rings is 2. The summed E-state index contributed by atoms with van der Waals surface area (Å²) in [4.78, 5) is 3.34. The number of halogens is 1. The smallest absolute Gasteiger partial charge is 0.0998 e. The Bertz CT molecular complexity index is 864. The van der Waals surface area contributed by atoms with Crippen LogP contribution in [0.3, 0.4) is 0 Å². The van der Waals surface area contributed by atoms with Crippen LogP contribution in [0.25, 0.3) is 22.6 Å². The number of aromatic amines is 1. The predicted octanol–water partition coefficient (Wildman–Crippen LogP) is 5.19. The molecule has 21 heavy (non-hydrogen) atoms. The Morgan fingerprint density at radius 2 is 1.86 bits per heavy atom. The van der Waals surface area contributed by atoms with Gasteiger partial charge in [-0.1, -0.05) is 41.9 Å². The maximum absolute atomic E-state index is 9.45. The standard InChI is InChI=1S/C18H13ClN2/c1-12-17(16-4-2-3-5-18(16)21-12)10-14(11-20)13-6-8-15(19)9-7-13/h2-10,21H,1H3/b14-10+. The summed E-state index contributed by atoms with van der Waals surface area (Å²) in [6.07, 6.45) is 1.93. The molecule has 102 valence electrons. The van der Waals surface area contributed by atoms with Crippen molar-refractivity contribution in [3.63, 3.8) is 0 Å². The van der Waals surface area contributed by atoms with Gasteiger partial charge in [-0.05, 0) is 36.8 Å². The Morgan fingerprint density at radius 1 is 1.14 bits per heavy atom. The number of para-hydroxylation sites is 1. The molecule has 0 aliphatic heterocycles. The minimum atomic E-state index is 0.625. The molecule has 0 atom stereocenters. The fraction of sp³-hybridized carbons (Fsp3) is 0.0556. The topological polar surface area (TPSA) is 39.6 Å². The van der Waals surface area contributed by atoms with E-state index in [9.17, 15) is 5.26 Å². The molecular weight excluding hydrogens is 280 g/mol. The highest BCUT2D eigenvalue weighted by atomic mass is 35.5. The molecule has 1 aromatic heterocycles. The Kier molecular flexibility index (Phi) is 3.51. The fourth-order valence-corrected chi connectivity index (χ4v) is 2.56. The zero-order chi connectivity index (χ0) is 14.8. The van der Waals surface area contributed by atoms with E-state index in [4.69, 9.17) is 11.6 Å². The van der Waals surface area contributed by atoms with Gasteiger partial charge in [-0.25, -0.2) is 0 Å². The van der Waals surface area contributed by atoms with E-state index in [2.05, 4.69) is 17.1 Å². The van der Waals surface area contributed by atoms with Crippen LogP contribution in [0.4, 0.5) is 0 Å². The van der Waals surface area contributed by atoms with Crippen LogP contribution in [-0.2, 0) is 0 Å². The molecule has 0 unspecified atom stereocenters. The molecule has 3 heteroatoms. The van der Waals surface area contributed by atoms with Crippen molar-refractivity contribution in [2.45, 2.75) is 6.92 Å². The van der Waals surface area contributed by atoms with E-state index >= 15 is 0 Å². The van der Waals surface area contributed by atoms with E-state index in [0.717, 1.165) is 27.7 Å². The highest BCUT2D eigenvalue weighted by Gasteiger charge is 2.08. The van der Waals surface area contributed by atoms with Crippen LogP contribution in [0, 0.1) is 18.3 Å². The number of nitrogens with zero attached hydrogens (tertiary/aromatic N) is 1. The summed E-state index contributed by atoms with van der Waals surface area (Å²) in [7, 11) is 0. The van der Waals surface area contributed by atoms with Crippen LogP contribution in [-0.4, -0.2) is 4.98 Å². The molecule has 3 aromatic rings. The van der Waals surface area contributed by atoms with E-state index in [0.29, 0.717) is 10.6 Å². The first-order valence-corrected chi connectivity index (χ1v) is 7.02. The number of rotatable bonds is 2. The molecule has 0 saturated heterocycles. The Hall–Kier alpha value is -2.50. The molecule has 0 spiro atoms. The Morgan fingerprint density at radius 3 is 2.57 bits per heavy atom. The Balaban J connectivity index is 2.15. The van der Waals surface area contributed by atoms with E-state index in [1.54, 1.807) is 12.1 Å². The third-order valence-corrected chi connectivity index (χ3v) is 3.76. The number of hydrogen-bond donors (Lipinski definition) is 1. The zero-order valence-electron chi connectivity index (χ0n) is 11.5. The lowest BCUT2D eigenvalue weighted by Gasteiger charge is -2.00. The van der Waals surface area contributed by atoms with E-state index in [1.807, 2.05) is 43.3 Å². The first kappa shape index (κ1) is 13.5. The van der Waals surface area contributed by atoms with Crippen LogP contribution in [0.1, 0.15) is 16.8 Å². The molecule has 1 heterocycles. The highest BCUT2D eigenvalue weighted by Crippen LogP contribution is 2.27. The predicted molar refractivity (Wildman–Crippen MR) is 88.0 cm³/mol. The van der Waals surface area contributed by atoms with Crippen molar-refractivity contribution in [2.24, 2.45) is 0 Å². The normalized spacial score (nSPS) is 11.6. The fourth-order valence-electron chi connectivity index (χ4n) is 2.44. The summed E-state index contributed by atoms with van der Waals surface area (Å²) in [6, 6.07) is 17.7. The second kappa shape index (κ2) is 5.47. The van der Waals surface area contributed by atoms with Gasteiger partial charge < -0.3 is 4.98 Å². The number of nitriles is 1. The van der Waals surface area contributed by atoms with Crippen LogP contribution in [0.15, 0.2) is 48.5 Å². The summed E-state index contributed by atoms with van der Waals surface area (Å²) in [5.74, 6) is 0. The van der Waals surface area contributed by atoms with Crippen molar-refractivity contribution in [1.29, 1.82) is 5.26 Å². The minimum Gasteiger partial charge on any atom is -0.358 e. The first-order chi connectivity index (χ1) is 10.2. The van der Waals surface area contributed by atoms with Gasteiger partial charge >= 0.3 is 0 Å². The number of H-pyrrole nitrogens is 1. The lowest BCUT2D eigenvalue weighted by molar-refractivity contribution is 1.29. The Labute approximate surface area is 128 Å². The number of allylic oxidation sites excluding steroid dienone is 1. The second-order valence-electron chi connectivity index (χ2n) is 4.89.